The fourth-order valence-electron chi connectivity index (χ4n) is 1.63. The molecular formula is C9H16Cl3N2O3+. The van der Waals surface area contributed by atoms with E-state index >= 15 is 0 Å². The first-order chi connectivity index (χ1) is 7.95. The van der Waals surface area contributed by atoms with E-state index in [9.17, 15) is 4.79 Å². The number of hydrogen-bond donors (Lipinski definition) is 2. The lowest BCUT2D eigenvalue weighted by Crippen LogP contribution is -3.21. The van der Waals surface area contributed by atoms with E-state index in [1.807, 2.05) is 0 Å². The van der Waals surface area contributed by atoms with Crippen LogP contribution < -0.4 is 10.2 Å². The van der Waals surface area contributed by atoms with Crippen molar-refractivity contribution in [3.8, 4) is 0 Å². The zero-order valence-electron chi connectivity index (χ0n) is 9.47. The topological polar surface area (TPSA) is 52.0 Å². The fourth-order valence-corrected chi connectivity index (χ4v) is 2.25. The van der Waals surface area contributed by atoms with E-state index in [0.717, 1.165) is 4.90 Å². The molecule has 0 aromatic rings. The van der Waals surface area contributed by atoms with Crippen molar-refractivity contribution in [2.75, 3.05) is 32.9 Å². The molecule has 2 N–H and O–H groups in total. The predicted molar refractivity (Wildman–Crippen MR) is 65.8 cm³/mol. The molecule has 0 spiro atoms. The molecule has 1 aliphatic heterocycles. The Bertz CT molecular complexity index is 254. The van der Waals surface area contributed by atoms with Crippen molar-refractivity contribution in [1.82, 2.24) is 5.32 Å². The maximum absolute atomic E-state index is 11.4. The van der Waals surface area contributed by atoms with Gasteiger partial charge in [0.05, 0.1) is 19.8 Å². The molecule has 5 nitrogen and oxygen atoms in total. The Labute approximate surface area is 115 Å². The van der Waals surface area contributed by atoms with Crippen LogP contribution in [0, 0.1) is 0 Å². The van der Waals surface area contributed by atoms with Gasteiger partial charge in [0.2, 0.25) is 6.17 Å². The van der Waals surface area contributed by atoms with Gasteiger partial charge >= 0.3 is 6.09 Å². The van der Waals surface area contributed by atoms with Gasteiger partial charge in [-0.3, -0.25) is 5.32 Å². The number of halogens is 3. The first kappa shape index (κ1) is 15.1. The zero-order valence-corrected chi connectivity index (χ0v) is 11.7. The molecule has 1 aliphatic rings. The van der Waals surface area contributed by atoms with Crippen LogP contribution in [0.5, 0.6) is 0 Å². The number of carbonyl (C=O) groups is 1. The van der Waals surface area contributed by atoms with E-state index in [-0.39, 0.29) is 6.61 Å². The highest BCUT2D eigenvalue weighted by atomic mass is 35.6. The maximum Gasteiger partial charge on any atom is 0.411 e. The van der Waals surface area contributed by atoms with Gasteiger partial charge in [-0.1, -0.05) is 34.8 Å². The highest BCUT2D eigenvalue weighted by Gasteiger charge is 2.43. The van der Waals surface area contributed by atoms with Gasteiger partial charge in [0.1, 0.15) is 13.1 Å². The smallest absolute Gasteiger partial charge is 0.411 e. The maximum atomic E-state index is 11.4. The summed E-state index contributed by atoms with van der Waals surface area (Å²) in [6.07, 6.45) is -1.22. The molecule has 1 saturated heterocycles. The number of morpholine rings is 1. The third kappa shape index (κ3) is 5.06. The third-order valence-electron chi connectivity index (χ3n) is 2.41. The van der Waals surface area contributed by atoms with Gasteiger partial charge in [-0.25, -0.2) is 4.79 Å². The van der Waals surface area contributed by atoms with Gasteiger partial charge in [-0.2, -0.15) is 0 Å². The number of alkyl carbamates (subject to hydrolysis) is 1. The van der Waals surface area contributed by atoms with Crippen molar-refractivity contribution in [2.24, 2.45) is 0 Å². The highest BCUT2D eigenvalue weighted by molar-refractivity contribution is 6.68. The molecule has 100 valence electrons. The minimum Gasteiger partial charge on any atom is -0.450 e. The van der Waals surface area contributed by atoms with Crippen LogP contribution in [0.1, 0.15) is 6.92 Å². The van der Waals surface area contributed by atoms with Crippen LogP contribution in [0.25, 0.3) is 0 Å². The monoisotopic (exact) mass is 305 g/mol. The van der Waals surface area contributed by atoms with Crippen LogP contribution >= 0.6 is 34.8 Å². The molecule has 1 unspecified atom stereocenters. The minimum absolute atomic E-state index is 0.275. The highest BCUT2D eigenvalue weighted by Crippen LogP contribution is 2.27. The summed E-state index contributed by atoms with van der Waals surface area (Å²) >= 11 is 17.6. The molecular weight excluding hydrogens is 290 g/mol. The van der Waals surface area contributed by atoms with Gasteiger partial charge in [0.25, 0.3) is 3.79 Å². The Balaban J connectivity index is 2.63. The molecule has 1 heterocycles. The largest absolute Gasteiger partial charge is 0.450 e. The molecule has 0 aromatic heterocycles. The zero-order chi connectivity index (χ0) is 12.9. The Kier molecular flexibility index (Phi) is 6.09. The van der Waals surface area contributed by atoms with Gasteiger partial charge in [-0.15, -0.1) is 0 Å². The van der Waals surface area contributed by atoms with E-state index in [2.05, 4.69) is 5.32 Å². The number of quaternary nitrogens is 1. The Morgan fingerprint density at radius 3 is 2.53 bits per heavy atom. The molecule has 0 aliphatic carbocycles. The lowest BCUT2D eigenvalue weighted by Gasteiger charge is -2.34. The van der Waals surface area contributed by atoms with E-state index in [1.165, 1.54) is 0 Å². The summed E-state index contributed by atoms with van der Waals surface area (Å²) < 4.78 is 8.42. The van der Waals surface area contributed by atoms with E-state index < -0.39 is 16.1 Å². The first-order valence-corrected chi connectivity index (χ1v) is 6.51. The van der Waals surface area contributed by atoms with Gasteiger partial charge in [0, 0.05) is 0 Å². The summed E-state index contributed by atoms with van der Waals surface area (Å²) in [5, 5.41) is 2.58. The number of hydrogen-bond acceptors (Lipinski definition) is 3. The predicted octanol–water partition coefficient (Wildman–Crippen LogP) is 0.344. The number of rotatable bonds is 3. The molecule has 17 heavy (non-hydrogen) atoms. The Hall–Kier alpha value is 0.0600. The summed E-state index contributed by atoms with van der Waals surface area (Å²) in [5.74, 6) is 0. The second kappa shape index (κ2) is 6.85. The fraction of sp³-hybridized carbons (Fsp3) is 0.889. The second-order valence-electron chi connectivity index (χ2n) is 3.61. The number of alkyl halides is 3. The summed E-state index contributed by atoms with van der Waals surface area (Å²) in [7, 11) is 0. The first-order valence-electron chi connectivity index (χ1n) is 5.37. The minimum atomic E-state index is -1.58. The van der Waals surface area contributed by atoms with Gasteiger partial charge < -0.3 is 14.4 Å². The lowest BCUT2D eigenvalue weighted by molar-refractivity contribution is -0.934. The molecule has 0 saturated carbocycles. The number of nitrogens with one attached hydrogen (secondary N) is 2. The summed E-state index contributed by atoms with van der Waals surface area (Å²) in [6, 6.07) is 0. The van der Waals surface area contributed by atoms with Gasteiger partial charge in [-0.05, 0) is 6.92 Å². The molecule has 8 heteroatoms. The molecule has 0 radical (unpaired) electrons. The summed E-state index contributed by atoms with van der Waals surface area (Å²) in [5.41, 5.74) is 0. The Morgan fingerprint density at radius 2 is 2.06 bits per heavy atom. The van der Waals surface area contributed by atoms with Crippen molar-refractivity contribution < 1.29 is 19.2 Å². The molecule has 1 rings (SSSR count). The van der Waals surface area contributed by atoms with Crippen molar-refractivity contribution in [2.45, 2.75) is 16.9 Å². The van der Waals surface area contributed by atoms with Crippen molar-refractivity contribution in [3.63, 3.8) is 0 Å². The quantitative estimate of drug-likeness (QED) is 0.740. The van der Waals surface area contributed by atoms with Crippen LogP contribution in [-0.2, 0) is 9.47 Å². The van der Waals surface area contributed by atoms with Gasteiger partial charge in [0.15, 0.2) is 0 Å². The molecule has 0 bridgehead atoms. The molecule has 1 fully saturated rings. The summed E-state index contributed by atoms with van der Waals surface area (Å²) in [4.78, 5) is 12.4. The number of ether oxygens (including phenoxy) is 2. The average molecular weight is 307 g/mol. The normalized spacial score (nSPS) is 19.8. The lowest BCUT2D eigenvalue weighted by atomic mass is 10.3. The molecule has 1 amide bonds. The number of amides is 1. The van der Waals surface area contributed by atoms with E-state index in [0.29, 0.717) is 26.3 Å². The van der Waals surface area contributed by atoms with Crippen molar-refractivity contribution >= 4 is 40.9 Å². The van der Waals surface area contributed by atoms with Crippen LogP contribution in [0.15, 0.2) is 0 Å². The van der Waals surface area contributed by atoms with Crippen LogP contribution in [0.2, 0.25) is 0 Å². The van der Waals surface area contributed by atoms with Crippen molar-refractivity contribution in [3.05, 3.63) is 0 Å². The molecule has 0 aromatic carbocycles. The van der Waals surface area contributed by atoms with E-state index in [1.54, 1.807) is 6.92 Å². The molecule has 1 atom stereocenters. The van der Waals surface area contributed by atoms with Crippen LogP contribution in [0.4, 0.5) is 4.79 Å². The van der Waals surface area contributed by atoms with Crippen LogP contribution in [0.3, 0.4) is 0 Å². The summed E-state index contributed by atoms with van der Waals surface area (Å²) in [6.45, 7) is 4.49. The third-order valence-corrected chi connectivity index (χ3v) is 3.06. The standard InChI is InChI=1S/C9H15Cl3N2O3/c1-2-17-8(15)13-7(9(10,11)12)14-3-5-16-6-4-14/h7H,2-6H2,1H3,(H,13,15)/p+1. The number of carbonyl (C=O) groups excluding carboxylic acids is 1. The van der Waals surface area contributed by atoms with Crippen LogP contribution in [-0.4, -0.2) is 49.0 Å². The second-order valence-corrected chi connectivity index (χ2v) is 5.98. The SMILES string of the molecule is CCOC(=O)NC([NH+]1CCOCC1)C(Cl)(Cl)Cl. The van der Waals surface area contributed by atoms with E-state index in [4.69, 9.17) is 44.3 Å². The Morgan fingerprint density at radius 1 is 1.47 bits per heavy atom. The van der Waals surface area contributed by atoms with Crippen molar-refractivity contribution in [1.29, 1.82) is 0 Å². The average Bonchev–Trinajstić information content (AvgIpc) is 2.26.